The number of hydrogen-bond acceptors (Lipinski definition) is 6. The SMILES string of the molecule is COC(=O)NNC(=O)C(O)Cc1csc(-c2ccc(Cl)cc2)n1. The molecule has 0 fully saturated rings. The summed E-state index contributed by atoms with van der Waals surface area (Å²) < 4.78 is 4.29. The second-order valence-corrected chi connectivity index (χ2v) is 5.77. The molecule has 0 aliphatic heterocycles. The van der Waals surface area contributed by atoms with Gasteiger partial charge in [-0.3, -0.25) is 10.2 Å². The summed E-state index contributed by atoms with van der Waals surface area (Å²) in [4.78, 5) is 26.8. The third-order valence-electron chi connectivity index (χ3n) is 2.82. The first-order valence-electron chi connectivity index (χ1n) is 6.52. The van der Waals surface area contributed by atoms with Crippen molar-refractivity contribution in [3.8, 4) is 10.6 Å². The highest BCUT2D eigenvalue weighted by atomic mass is 35.5. The number of nitrogens with one attached hydrogen (secondary N) is 2. The van der Waals surface area contributed by atoms with Crippen molar-refractivity contribution in [2.75, 3.05) is 7.11 Å². The van der Waals surface area contributed by atoms with Gasteiger partial charge in [0.2, 0.25) is 0 Å². The molecule has 7 nitrogen and oxygen atoms in total. The van der Waals surface area contributed by atoms with E-state index in [-0.39, 0.29) is 6.42 Å². The van der Waals surface area contributed by atoms with E-state index in [1.807, 2.05) is 23.0 Å². The Hall–Kier alpha value is -2.16. The fraction of sp³-hybridized carbons (Fsp3) is 0.214. The summed E-state index contributed by atoms with van der Waals surface area (Å²) >= 11 is 7.23. The van der Waals surface area contributed by atoms with Crippen LogP contribution in [0.25, 0.3) is 10.6 Å². The Morgan fingerprint density at radius 1 is 1.35 bits per heavy atom. The number of hydrazine groups is 1. The second kappa shape index (κ2) is 7.91. The first-order chi connectivity index (χ1) is 11.0. The fourth-order valence-corrected chi connectivity index (χ4v) is 2.63. The van der Waals surface area contributed by atoms with Crippen molar-refractivity contribution in [2.24, 2.45) is 0 Å². The lowest BCUT2D eigenvalue weighted by Gasteiger charge is -2.10. The van der Waals surface area contributed by atoms with E-state index < -0.39 is 18.1 Å². The minimum Gasteiger partial charge on any atom is -0.452 e. The maximum absolute atomic E-state index is 11.6. The van der Waals surface area contributed by atoms with Crippen LogP contribution in [0.15, 0.2) is 29.6 Å². The highest BCUT2D eigenvalue weighted by Crippen LogP contribution is 2.25. The molecule has 0 spiro atoms. The smallest absolute Gasteiger partial charge is 0.425 e. The molecule has 2 rings (SSSR count). The number of aromatic nitrogens is 1. The zero-order chi connectivity index (χ0) is 16.8. The van der Waals surface area contributed by atoms with Crippen molar-refractivity contribution in [1.82, 2.24) is 15.8 Å². The van der Waals surface area contributed by atoms with Gasteiger partial charge < -0.3 is 9.84 Å². The Balaban J connectivity index is 1.94. The van der Waals surface area contributed by atoms with Crippen LogP contribution in [0, 0.1) is 0 Å². The van der Waals surface area contributed by atoms with E-state index in [0.717, 1.165) is 17.7 Å². The Kier molecular flexibility index (Phi) is 5.91. The summed E-state index contributed by atoms with van der Waals surface area (Å²) in [5.74, 6) is -0.753. The third-order valence-corrected chi connectivity index (χ3v) is 4.01. The number of carbonyl (C=O) groups excluding carboxylic acids is 2. The van der Waals surface area contributed by atoms with E-state index in [2.05, 4.69) is 9.72 Å². The van der Waals surface area contributed by atoms with E-state index in [4.69, 9.17) is 11.6 Å². The van der Waals surface area contributed by atoms with Gasteiger partial charge in [0.15, 0.2) is 0 Å². The van der Waals surface area contributed by atoms with Gasteiger partial charge in [0.25, 0.3) is 5.91 Å². The van der Waals surface area contributed by atoms with E-state index in [0.29, 0.717) is 10.7 Å². The van der Waals surface area contributed by atoms with Crippen LogP contribution in [-0.4, -0.2) is 35.3 Å². The Morgan fingerprint density at radius 3 is 2.70 bits per heavy atom. The normalized spacial score (nSPS) is 11.6. The minimum absolute atomic E-state index is 0.0266. The highest BCUT2D eigenvalue weighted by molar-refractivity contribution is 7.13. The topological polar surface area (TPSA) is 101 Å². The largest absolute Gasteiger partial charge is 0.452 e. The summed E-state index contributed by atoms with van der Waals surface area (Å²) in [6, 6.07) is 7.21. The van der Waals surface area contributed by atoms with Crippen LogP contribution < -0.4 is 10.9 Å². The van der Waals surface area contributed by atoms with Gasteiger partial charge in [0.05, 0.1) is 12.8 Å². The number of halogens is 1. The third kappa shape index (κ3) is 4.92. The molecule has 2 aromatic rings. The molecule has 1 aromatic carbocycles. The molecular formula is C14H14ClN3O4S. The van der Waals surface area contributed by atoms with Gasteiger partial charge in [0.1, 0.15) is 11.1 Å². The minimum atomic E-state index is -1.34. The van der Waals surface area contributed by atoms with Crippen molar-refractivity contribution in [2.45, 2.75) is 12.5 Å². The molecule has 2 amide bonds. The second-order valence-electron chi connectivity index (χ2n) is 4.48. The van der Waals surface area contributed by atoms with Crippen molar-refractivity contribution in [3.63, 3.8) is 0 Å². The van der Waals surface area contributed by atoms with Crippen molar-refractivity contribution in [3.05, 3.63) is 40.4 Å². The molecule has 3 N–H and O–H groups in total. The van der Waals surface area contributed by atoms with E-state index in [1.54, 1.807) is 17.5 Å². The Bertz CT molecular complexity index is 690. The number of benzene rings is 1. The predicted octanol–water partition coefficient (Wildman–Crippen LogP) is 1.75. The number of methoxy groups -OCH3 is 1. The molecule has 1 heterocycles. The van der Waals surface area contributed by atoms with E-state index in [1.165, 1.54) is 11.3 Å². The van der Waals surface area contributed by atoms with Crippen LogP contribution in [0.4, 0.5) is 4.79 Å². The first kappa shape index (κ1) is 17.2. The van der Waals surface area contributed by atoms with Crippen LogP contribution in [-0.2, 0) is 16.0 Å². The molecule has 122 valence electrons. The average molecular weight is 356 g/mol. The number of carbonyl (C=O) groups is 2. The lowest BCUT2D eigenvalue weighted by molar-refractivity contribution is -0.130. The lowest BCUT2D eigenvalue weighted by Crippen LogP contribution is -2.46. The van der Waals surface area contributed by atoms with Gasteiger partial charge in [-0.05, 0) is 12.1 Å². The summed E-state index contributed by atoms with van der Waals surface area (Å²) in [5.41, 5.74) is 5.50. The van der Waals surface area contributed by atoms with Gasteiger partial charge in [0, 0.05) is 22.4 Å². The standard InChI is InChI=1S/C14H14ClN3O4S/c1-22-14(21)18-17-12(20)11(19)6-10-7-23-13(16-10)8-2-4-9(15)5-3-8/h2-5,7,11,19H,6H2,1H3,(H,17,20)(H,18,21). The number of thiazole rings is 1. The molecular weight excluding hydrogens is 342 g/mol. The zero-order valence-electron chi connectivity index (χ0n) is 12.1. The molecule has 0 bridgehead atoms. The van der Waals surface area contributed by atoms with E-state index in [9.17, 15) is 14.7 Å². The summed E-state index contributed by atoms with van der Waals surface area (Å²) in [6.45, 7) is 0. The predicted molar refractivity (Wildman–Crippen MR) is 86.0 cm³/mol. The number of aliphatic hydroxyl groups is 1. The van der Waals surface area contributed by atoms with Gasteiger partial charge in [-0.2, -0.15) is 0 Å². The van der Waals surface area contributed by atoms with Crippen LogP contribution in [0.1, 0.15) is 5.69 Å². The average Bonchev–Trinajstić information content (AvgIpc) is 3.01. The molecule has 1 unspecified atom stereocenters. The lowest BCUT2D eigenvalue weighted by atomic mass is 10.2. The number of hydrogen-bond donors (Lipinski definition) is 3. The maximum Gasteiger partial charge on any atom is 0.425 e. The fourth-order valence-electron chi connectivity index (χ4n) is 1.66. The van der Waals surface area contributed by atoms with Crippen molar-refractivity contribution >= 4 is 34.9 Å². The van der Waals surface area contributed by atoms with Crippen LogP contribution >= 0.6 is 22.9 Å². The molecule has 0 aliphatic rings. The zero-order valence-corrected chi connectivity index (χ0v) is 13.6. The molecule has 0 aliphatic carbocycles. The summed E-state index contributed by atoms with van der Waals surface area (Å²) in [7, 11) is 1.16. The quantitative estimate of drug-likeness (QED) is 0.725. The molecule has 0 saturated carbocycles. The van der Waals surface area contributed by atoms with Crippen LogP contribution in [0.3, 0.4) is 0 Å². The molecule has 0 saturated heterocycles. The number of ether oxygens (including phenoxy) is 1. The molecule has 9 heteroatoms. The number of amides is 2. The summed E-state index contributed by atoms with van der Waals surface area (Å²) in [6.07, 6.45) is -2.14. The summed E-state index contributed by atoms with van der Waals surface area (Å²) in [5, 5.41) is 13.0. The van der Waals surface area contributed by atoms with E-state index >= 15 is 0 Å². The van der Waals surface area contributed by atoms with Crippen LogP contribution in [0.2, 0.25) is 5.02 Å². The molecule has 0 radical (unpaired) electrons. The van der Waals surface area contributed by atoms with Crippen molar-refractivity contribution in [1.29, 1.82) is 0 Å². The number of nitrogens with zero attached hydrogens (tertiary/aromatic N) is 1. The van der Waals surface area contributed by atoms with Gasteiger partial charge >= 0.3 is 6.09 Å². The van der Waals surface area contributed by atoms with Crippen molar-refractivity contribution < 1.29 is 19.4 Å². The molecule has 23 heavy (non-hydrogen) atoms. The van der Waals surface area contributed by atoms with Gasteiger partial charge in [-0.1, -0.05) is 23.7 Å². The maximum atomic E-state index is 11.6. The molecule has 1 atom stereocenters. The monoisotopic (exact) mass is 355 g/mol. The van der Waals surface area contributed by atoms with Crippen LogP contribution in [0.5, 0.6) is 0 Å². The molecule has 1 aromatic heterocycles. The Labute approximate surface area is 141 Å². The highest BCUT2D eigenvalue weighted by Gasteiger charge is 2.18. The number of rotatable bonds is 4. The van der Waals surface area contributed by atoms with Gasteiger partial charge in [-0.25, -0.2) is 15.2 Å². The first-order valence-corrected chi connectivity index (χ1v) is 7.77. The number of aliphatic hydroxyl groups excluding tert-OH is 1. The van der Waals surface area contributed by atoms with Gasteiger partial charge in [-0.15, -0.1) is 11.3 Å². The Morgan fingerprint density at radius 2 is 2.04 bits per heavy atom.